The Morgan fingerprint density at radius 2 is 0.833 bits per heavy atom. The summed E-state index contributed by atoms with van der Waals surface area (Å²) < 4.78 is 270. The molecule has 0 aliphatic carbocycles. The Bertz CT molecular complexity index is 4470. The van der Waals surface area contributed by atoms with Crippen molar-refractivity contribution in [3.8, 4) is 33.6 Å². The molecule has 2 aromatic heterocycles. The van der Waals surface area contributed by atoms with Crippen LogP contribution in [0, 0.1) is 0 Å². The second-order valence-electron chi connectivity index (χ2n) is 10.3. The summed E-state index contributed by atoms with van der Waals surface area (Å²) in [7, 11) is 0. The molecule has 2 nitrogen and oxygen atoms in total. The molecule has 48 heavy (non-hydrogen) atoms. The van der Waals surface area contributed by atoms with Gasteiger partial charge in [0.25, 0.3) is 0 Å². The summed E-state index contributed by atoms with van der Waals surface area (Å²) in [6, 6.07) is -28.3. The number of rotatable bonds is 4. The lowest BCUT2D eigenvalue weighted by atomic mass is 10.00. The minimum Gasteiger partial charge on any atom is -0.309 e. The van der Waals surface area contributed by atoms with Gasteiger partial charge in [0.15, 0.2) is 0 Å². The predicted octanol–water partition coefficient (Wildman–Crippen LogP) is 12.4. The van der Waals surface area contributed by atoms with Crippen LogP contribution in [0.3, 0.4) is 0 Å². The van der Waals surface area contributed by atoms with E-state index in [1.807, 2.05) is 0 Å². The highest BCUT2D eigenvalue weighted by atomic mass is 15.0. The van der Waals surface area contributed by atoms with Crippen molar-refractivity contribution in [2.45, 2.75) is 0 Å². The molecule has 0 N–H and O–H groups in total. The molecule has 0 aliphatic heterocycles. The van der Waals surface area contributed by atoms with Gasteiger partial charge >= 0.3 is 0 Å². The third-order valence-corrected chi connectivity index (χ3v) is 7.67. The molecule has 2 heterocycles. The first-order valence-electron chi connectivity index (χ1n) is 29.1. The van der Waals surface area contributed by atoms with Crippen LogP contribution in [0.1, 0.15) is 41.1 Å². The van der Waals surface area contributed by atoms with Gasteiger partial charge in [0.05, 0.1) is 63.2 Å². The van der Waals surface area contributed by atoms with Crippen LogP contribution in [0.15, 0.2) is 181 Å². The molecule has 0 amide bonds. The SMILES string of the molecule is [2H]c1c([2H])c([2H])c(-c2c([2H])c([2H])c(-n3c4c([2H])c([2H])c(-c5c([2H])c([2H])c6c(c5[2H])c5c([2H])c([2H])c([2H])c([2H])c5n6-c5c([2H])c([2H])c([2H])c([2H])c5[2H])c([2H])c4c4c([2H])c([2H])c5c([2H])c([2H])c([2H])c([2H])c5c43)c([2H])c2[2H])c([2H])c1[2H]. The molecule has 0 spiro atoms. The van der Waals surface area contributed by atoms with Crippen molar-refractivity contribution in [1.82, 2.24) is 9.13 Å². The first-order chi connectivity index (χ1) is 36.3. The molecule has 0 aliphatic rings. The Balaban J connectivity index is 1.45. The third-order valence-electron chi connectivity index (χ3n) is 7.67. The number of fused-ring (bicyclic) bond motifs is 8. The second kappa shape index (κ2) is 10.6. The molecule has 0 saturated carbocycles. The molecule has 8 aromatic carbocycles. The van der Waals surface area contributed by atoms with E-state index >= 15 is 0 Å². The van der Waals surface area contributed by atoms with E-state index < -0.39 is 269 Å². The lowest BCUT2D eigenvalue weighted by Gasteiger charge is -2.11. The van der Waals surface area contributed by atoms with Crippen molar-refractivity contribution >= 4 is 54.4 Å². The van der Waals surface area contributed by atoms with Crippen LogP contribution >= 0.6 is 0 Å². The molecule has 0 bridgehead atoms. The molecular formula is C46H30N2. The molecular weight excluding hydrogens is 581 g/mol. The average Bonchev–Trinajstić information content (AvgIpc) is 3.36. The van der Waals surface area contributed by atoms with Gasteiger partial charge < -0.3 is 9.13 Å². The Morgan fingerprint density at radius 1 is 0.312 bits per heavy atom. The van der Waals surface area contributed by atoms with Gasteiger partial charge in [-0.3, -0.25) is 0 Å². The Morgan fingerprint density at radius 3 is 1.58 bits per heavy atom. The standard InChI is InChI=1S/C46H30N2/c1-3-11-31(12-4-1)32-19-24-37(25-20-32)48-45-28-23-35(30-42(45)40-26-21-33-13-7-8-16-38(33)46(40)48)34-22-27-44-41(29-34)39-17-9-10-18-43(39)47(44)36-14-5-2-6-15-36/h1-30H/i1D,2D,3D,4D,5D,6D,7D,8D,9D,10D,11D,12D,13D,14D,15D,16D,17D,18D,19D,20D,21D,22D,23D,24D,25D,26D,27D,28D,29D,30D. The summed E-state index contributed by atoms with van der Waals surface area (Å²) in [5.41, 5.74) is -7.54. The van der Waals surface area contributed by atoms with E-state index in [1.54, 1.807) is 0 Å². The lowest BCUT2D eigenvalue weighted by molar-refractivity contribution is 1.18. The minimum atomic E-state index is -1.09. The van der Waals surface area contributed by atoms with E-state index in [2.05, 4.69) is 0 Å². The highest BCUT2D eigenvalue weighted by Crippen LogP contribution is 2.40. The van der Waals surface area contributed by atoms with Crippen LogP contribution in [0.25, 0.3) is 88.0 Å². The van der Waals surface area contributed by atoms with Crippen LogP contribution in [0.4, 0.5) is 0 Å². The van der Waals surface area contributed by atoms with Gasteiger partial charge in [-0.2, -0.15) is 0 Å². The number of hydrogen-bond donors (Lipinski definition) is 0. The van der Waals surface area contributed by atoms with E-state index in [-0.39, 0.29) is 0 Å². The molecule has 0 fully saturated rings. The van der Waals surface area contributed by atoms with Gasteiger partial charge in [-0.15, -0.1) is 0 Å². The molecule has 0 unspecified atom stereocenters. The second-order valence-corrected chi connectivity index (χ2v) is 10.3. The predicted molar refractivity (Wildman–Crippen MR) is 203 cm³/mol. The Kier molecular flexibility index (Phi) is 2.33. The lowest BCUT2D eigenvalue weighted by Crippen LogP contribution is -1.94. The first kappa shape index (κ1) is 10.6. The van der Waals surface area contributed by atoms with Gasteiger partial charge in [-0.1, -0.05) is 127 Å². The molecule has 0 radical (unpaired) electrons. The van der Waals surface area contributed by atoms with Gasteiger partial charge in [0.2, 0.25) is 0 Å². The molecule has 0 saturated heterocycles. The zero-order valence-corrected chi connectivity index (χ0v) is 23.9. The van der Waals surface area contributed by atoms with Gasteiger partial charge in [-0.05, 0) is 82.0 Å². The summed E-state index contributed by atoms with van der Waals surface area (Å²) in [5.74, 6) is 0. The van der Waals surface area contributed by atoms with Crippen molar-refractivity contribution in [3.63, 3.8) is 0 Å². The van der Waals surface area contributed by atoms with Crippen molar-refractivity contribution < 1.29 is 41.1 Å². The molecule has 10 aromatic rings. The van der Waals surface area contributed by atoms with Crippen LogP contribution in [-0.4, -0.2) is 9.13 Å². The normalized spacial score (nSPS) is 20.5. The average molecular weight is 641 g/mol. The largest absolute Gasteiger partial charge is 0.309 e. The highest BCUT2D eigenvalue weighted by molar-refractivity contribution is 6.19. The quantitative estimate of drug-likeness (QED) is 0.181. The number of para-hydroxylation sites is 2. The van der Waals surface area contributed by atoms with Gasteiger partial charge in [0.1, 0.15) is 0 Å². The van der Waals surface area contributed by atoms with Crippen LogP contribution in [0.2, 0.25) is 0 Å². The van der Waals surface area contributed by atoms with Crippen LogP contribution in [0.5, 0.6) is 0 Å². The summed E-state index contributed by atoms with van der Waals surface area (Å²) >= 11 is 0. The maximum Gasteiger partial charge on any atom is 0.0645 e. The number of aromatic nitrogens is 2. The molecule has 10 rings (SSSR count). The van der Waals surface area contributed by atoms with Crippen molar-refractivity contribution in [1.29, 1.82) is 0 Å². The van der Waals surface area contributed by atoms with E-state index in [9.17, 15) is 16.4 Å². The fourth-order valence-corrected chi connectivity index (χ4v) is 5.64. The smallest absolute Gasteiger partial charge is 0.0645 e. The molecule has 224 valence electrons. The topological polar surface area (TPSA) is 9.86 Å². The van der Waals surface area contributed by atoms with Crippen molar-refractivity contribution in [3.05, 3.63) is 181 Å². The summed E-state index contributed by atoms with van der Waals surface area (Å²) in [6.45, 7) is 0. The van der Waals surface area contributed by atoms with Crippen molar-refractivity contribution in [2.24, 2.45) is 0 Å². The van der Waals surface area contributed by atoms with E-state index in [0.29, 0.717) is 4.57 Å². The van der Waals surface area contributed by atoms with Crippen molar-refractivity contribution in [2.75, 3.05) is 0 Å². The zero-order chi connectivity index (χ0) is 57.7. The Hall–Kier alpha value is -6.38. The minimum absolute atomic E-state index is 0.576. The summed E-state index contributed by atoms with van der Waals surface area (Å²) in [5, 5.41) is -3.78. The molecule has 2 heteroatoms. The fraction of sp³-hybridized carbons (Fsp3) is 0. The first-order valence-corrected chi connectivity index (χ1v) is 14.1. The highest BCUT2D eigenvalue weighted by Gasteiger charge is 2.17. The monoisotopic (exact) mass is 640 g/mol. The zero-order valence-electron chi connectivity index (χ0n) is 53.9. The van der Waals surface area contributed by atoms with E-state index in [4.69, 9.17) is 24.7 Å². The Labute approximate surface area is 320 Å². The van der Waals surface area contributed by atoms with E-state index in [0.717, 1.165) is 4.57 Å². The van der Waals surface area contributed by atoms with Gasteiger partial charge in [0, 0.05) is 38.3 Å². The third kappa shape index (κ3) is 4.06. The fourth-order valence-electron chi connectivity index (χ4n) is 5.64. The van der Waals surface area contributed by atoms with E-state index in [1.165, 1.54) is 0 Å². The van der Waals surface area contributed by atoms with Gasteiger partial charge in [-0.25, -0.2) is 0 Å². The number of benzene rings is 8. The number of hydrogen-bond acceptors (Lipinski definition) is 0. The molecule has 0 atom stereocenters. The van der Waals surface area contributed by atoms with Crippen LogP contribution < -0.4 is 0 Å². The van der Waals surface area contributed by atoms with Crippen LogP contribution in [-0.2, 0) is 0 Å². The number of nitrogens with zero attached hydrogens (tertiary/aromatic N) is 2. The maximum absolute atomic E-state index is 9.96. The summed E-state index contributed by atoms with van der Waals surface area (Å²) in [6.07, 6.45) is 0. The maximum atomic E-state index is 9.96. The summed E-state index contributed by atoms with van der Waals surface area (Å²) in [4.78, 5) is 0.